The number of nitrogens with zero attached hydrogens (tertiary/aromatic N) is 4. The lowest BCUT2D eigenvalue weighted by Gasteiger charge is -2.31. The summed E-state index contributed by atoms with van der Waals surface area (Å²) in [4.78, 5) is 23.5. The third kappa shape index (κ3) is 5.25. The van der Waals surface area contributed by atoms with Crippen molar-refractivity contribution >= 4 is 45.7 Å². The van der Waals surface area contributed by atoms with Crippen LogP contribution in [-0.4, -0.2) is 77.7 Å². The van der Waals surface area contributed by atoms with E-state index in [1.165, 1.54) is 0 Å². The second-order valence-corrected chi connectivity index (χ2v) is 9.27. The molecule has 0 radical (unpaired) electrons. The van der Waals surface area contributed by atoms with Crippen LogP contribution in [0.1, 0.15) is 17.3 Å². The maximum atomic E-state index is 12.9. The summed E-state index contributed by atoms with van der Waals surface area (Å²) >= 11 is 12.1. The highest BCUT2D eigenvalue weighted by molar-refractivity contribution is 6.31. The van der Waals surface area contributed by atoms with Gasteiger partial charge in [0.15, 0.2) is 0 Å². The monoisotopic (exact) mass is 486 g/mol. The summed E-state index contributed by atoms with van der Waals surface area (Å²) in [7, 11) is 2.05. The molecule has 4 rings (SSSR count). The average molecular weight is 487 g/mol. The molecule has 1 amide bonds. The van der Waals surface area contributed by atoms with Crippen LogP contribution in [0.3, 0.4) is 0 Å². The highest BCUT2D eigenvalue weighted by Crippen LogP contribution is 2.27. The third-order valence-electron chi connectivity index (χ3n) is 6.33. The molecule has 0 saturated carbocycles. The first-order chi connectivity index (χ1) is 15.9. The Morgan fingerprint density at radius 3 is 2.55 bits per heavy atom. The van der Waals surface area contributed by atoms with E-state index >= 15 is 0 Å². The predicted octanol–water partition coefficient (Wildman–Crippen LogP) is 4.19. The minimum Gasteiger partial charge on any atom is -0.390 e. The van der Waals surface area contributed by atoms with Crippen molar-refractivity contribution < 1.29 is 9.90 Å². The number of pyridine rings is 1. The first kappa shape index (κ1) is 23.8. The Hall–Kier alpha value is -2.38. The van der Waals surface area contributed by atoms with Gasteiger partial charge in [-0.05, 0) is 55.1 Å². The second kappa shape index (κ2) is 10.3. The number of β-amino-alcohol motifs (C(OH)–C–C–N with tert-alkyl or cyclic N) is 1. The van der Waals surface area contributed by atoms with Crippen molar-refractivity contribution in [1.29, 1.82) is 0 Å². The lowest BCUT2D eigenvalue weighted by molar-refractivity contribution is 0.0761. The molecule has 0 aliphatic carbocycles. The summed E-state index contributed by atoms with van der Waals surface area (Å²) < 4.78 is 0. The Bertz CT molecular complexity index is 1130. The SMILES string of the molecule is CCN(CCN(C)c1ccnc2cc(Cl)ccc12)[C@@H]1CN(C(=O)c2ccc(Cl)cc2)C[C@H]1O. The minimum atomic E-state index is -0.588. The Morgan fingerprint density at radius 2 is 1.82 bits per heavy atom. The normalized spacial score (nSPS) is 18.3. The lowest BCUT2D eigenvalue weighted by atomic mass is 10.1. The number of halogens is 2. The van der Waals surface area contributed by atoms with Crippen molar-refractivity contribution in [3.8, 4) is 0 Å². The van der Waals surface area contributed by atoms with E-state index in [4.69, 9.17) is 23.2 Å². The van der Waals surface area contributed by atoms with Crippen molar-refractivity contribution in [3.63, 3.8) is 0 Å². The molecule has 2 heterocycles. The highest BCUT2D eigenvalue weighted by Gasteiger charge is 2.37. The number of aliphatic hydroxyl groups is 1. The number of aliphatic hydroxyl groups excluding tert-OH is 1. The van der Waals surface area contributed by atoms with Crippen LogP contribution in [0.2, 0.25) is 10.0 Å². The first-order valence-corrected chi connectivity index (χ1v) is 11.9. The van der Waals surface area contributed by atoms with Crippen molar-refractivity contribution in [2.75, 3.05) is 44.7 Å². The van der Waals surface area contributed by atoms with Gasteiger partial charge in [0, 0.05) is 66.1 Å². The number of benzene rings is 2. The van der Waals surface area contributed by atoms with Gasteiger partial charge in [-0.3, -0.25) is 14.7 Å². The van der Waals surface area contributed by atoms with E-state index in [0.29, 0.717) is 28.7 Å². The number of hydrogen-bond acceptors (Lipinski definition) is 5. The van der Waals surface area contributed by atoms with Crippen molar-refractivity contribution in [3.05, 3.63) is 70.3 Å². The number of rotatable bonds is 7. The van der Waals surface area contributed by atoms with E-state index < -0.39 is 6.10 Å². The van der Waals surface area contributed by atoms with E-state index in [0.717, 1.165) is 36.2 Å². The summed E-state index contributed by atoms with van der Waals surface area (Å²) in [5.74, 6) is -0.0803. The van der Waals surface area contributed by atoms with Crippen LogP contribution in [-0.2, 0) is 0 Å². The molecule has 1 aliphatic rings. The molecular weight excluding hydrogens is 459 g/mol. The lowest BCUT2D eigenvalue weighted by Crippen LogP contribution is -2.46. The Kier molecular flexibility index (Phi) is 7.39. The van der Waals surface area contributed by atoms with E-state index in [1.54, 1.807) is 35.4 Å². The summed E-state index contributed by atoms with van der Waals surface area (Å²) in [5, 5.41) is 13.1. The summed E-state index contributed by atoms with van der Waals surface area (Å²) in [6, 6.07) is 14.5. The molecule has 2 atom stereocenters. The van der Waals surface area contributed by atoms with Crippen molar-refractivity contribution in [2.24, 2.45) is 0 Å². The molecule has 0 bridgehead atoms. The van der Waals surface area contributed by atoms with E-state index in [1.807, 2.05) is 24.3 Å². The molecule has 1 saturated heterocycles. The van der Waals surface area contributed by atoms with Crippen LogP contribution in [0.4, 0.5) is 5.69 Å². The van der Waals surface area contributed by atoms with Gasteiger partial charge in [-0.25, -0.2) is 0 Å². The number of likely N-dealkylation sites (N-methyl/N-ethyl adjacent to an activating group) is 2. The number of aromatic nitrogens is 1. The molecule has 1 fully saturated rings. The number of hydrogen-bond donors (Lipinski definition) is 1. The van der Waals surface area contributed by atoms with Crippen molar-refractivity contribution in [1.82, 2.24) is 14.8 Å². The molecule has 1 aromatic heterocycles. The summed E-state index contributed by atoms with van der Waals surface area (Å²) in [6.45, 7) is 5.22. The minimum absolute atomic E-state index is 0.0803. The highest BCUT2D eigenvalue weighted by atomic mass is 35.5. The third-order valence-corrected chi connectivity index (χ3v) is 6.82. The Balaban J connectivity index is 1.42. The number of amides is 1. The van der Waals surface area contributed by atoms with Gasteiger partial charge in [0.05, 0.1) is 17.7 Å². The number of carbonyl (C=O) groups excluding carboxylic acids is 1. The summed E-state index contributed by atoms with van der Waals surface area (Å²) in [6.07, 6.45) is 1.21. The Labute approximate surface area is 204 Å². The fourth-order valence-electron chi connectivity index (χ4n) is 4.47. The fourth-order valence-corrected chi connectivity index (χ4v) is 4.76. The van der Waals surface area contributed by atoms with Gasteiger partial charge in [-0.2, -0.15) is 0 Å². The van der Waals surface area contributed by atoms with Crippen LogP contribution in [0.25, 0.3) is 10.9 Å². The second-order valence-electron chi connectivity index (χ2n) is 8.39. The van der Waals surface area contributed by atoms with Crippen LogP contribution in [0, 0.1) is 0 Å². The van der Waals surface area contributed by atoms with Crippen LogP contribution in [0.5, 0.6) is 0 Å². The molecule has 3 aromatic rings. The number of carbonyl (C=O) groups is 1. The smallest absolute Gasteiger partial charge is 0.253 e. The number of likely N-dealkylation sites (tertiary alicyclic amines) is 1. The molecular formula is C25H28Cl2N4O2. The van der Waals surface area contributed by atoms with Gasteiger partial charge < -0.3 is 14.9 Å². The molecule has 33 heavy (non-hydrogen) atoms. The first-order valence-electron chi connectivity index (χ1n) is 11.1. The predicted molar refractivity (Wildman–Crippen MR) is 134 cm³/mol. The Morgan fingerprint density at radius 1 is 1.09 bits per heavy atom. The fraction of sp³-hybridized carbons (Fsp3) is 0.360. The van der Waals surface area contributed by atoms with Gasteiger partial charge in [0.1, 0.15) is 0 Å². The van der Waals surface area contributed by atoms with Gasteiger partial charge in [0.2, 0.25) is 0 Å². The quantitative estimate of drug-likeness (QED) is 0.542. The zero-order valence-electron chi connectivity index (χ0n) is 18.8. The molecule has 0 spiro atoms. The number of anilines is 1. The van der Waals surface area contributed by atoms with E-state index in [9.17, 15) is 9.90 Å². The maximum absolute atomic E-state index is 12.9. The van der Waals surface area contributed by atoms with E-state index in [-0.39, 0.29) is 11.9 Å². The van der Waals surface area contributed by atoms with E-state index in [2.05, 4.69) is 28.8 Å². The topological polar surface area (TPSA) is 59.9 Å². The zero-order chi connectivity index (χ0) is 23.5. The summed E-state index contributed by atoms with van der Waals surface area (Å²) in [5.41, 5.74) is 2.53. The largest absolute Gasteiger partial charge is 0.390 e. The van der Waals surface area contributed by atoms with Gasteiger partial charge in [-0.15, -0.1) is 0 Å². The molecule has 0 unspecified atom stereocenters. The molecule has 174 valence electrons. The van der Waals surface area contributed by atoms with Crippen LogP contribution < -0.4 is 4.90 Å². The molecule has 1 aliphatic heterocycles. The zero-order valence-corrected chi connectivity index (χ0v) is 20.3. The van der Waals surface area contributed by atoms with Crippen molar-refractivity contribution in [2.45, 2.75) is 19.1 Å². The standard InChI is InChI=1S/C25H28Cl2N4O2/c1-3-30(13-12-29(2)22-10-11-28-21-14-19(27)8-9-20(21)22)23-15-31(16-24(23)32)25(33)17-4-6-18(26)7-5-17/h4-11,14,23-24,32H,3,12-13,15-16H2,1-2H3/t23-,24-/m1/s1. The van der Waals surface area contributed by atoms with Gasteiger partial charge in [0.25, 0.3) is 5.91 Å². The molecule has 8 heteroatoms. The molecule has 1 N–H and O–H groups in total. The molecule has 6 nitrogen and oxygen atoms in total. The number of fused-ring (bicyclic) bond motifs is 1. The maximum Gasteiger partial charge on any atom is 0.253 e. The van der Waals surface area contributed by atoms with Crippen LogP contribution >= 0.6 is 23.2 Å². The van der Waals surface area contributed by atoms with Gasteiger partial charge in [-0.1, -0.05) is 30.1 Å². The average Bonchev–Trinajstić information content (AvgIpc) is 3.20. The van der Waals surface area contributed by atoms with Gasteiger partial charge >= 0.3 is 0 Å². The van der Waals surface area contributed by atoms with Crippen LogP contribution in [0.15, 0.2) is 54.7 Å². The molecule has 2 aromatic carbocycles.